The van der Waals surface area contributed by atoms with E-state index in [1.54, 1.807) is 0 Å². The lowest BCUT2D eigenvalue weighted by molar-refractivity contribution is -0.115. The maximum absolute atomic E-state index is 12.4. The summed E-state index contributed by atoms with van der Waals surface area (Å²) < 4.78 is 1.89. The van der Waals surface area contributed by atoms with E-state index < -0.39 is 0 Å². The second kappa shape index (κ2) is 9.69. The summed E-state index contributed by atoms with van der Waals surface area (Å²) in [5.74, 6) is 0.351. The van der Waals surface area contributed by atoms with Crippen LogP contribution in [0.2, 0.25) is 5.02 Å². The first-order chi connectivity index (χ1) is 13.9. The number of aryl methyl sites for hydroxylation is 1. The lowest BCUT2D eigenvalue weighted by Gasteiger charge is -2.11. The lowest BCUT2D eigenvalue weighted by Crippen LogP contribution is -2.33. The number of nitrogens with one attached hydrogen (secondary N) is 2. The highest BCUT2D eigenvalue weighted by molar-refractivity contribution is 6.30. The highest BCUT2D eigenvalue weighted by Crippen LogP contribution is 2.25. The third-order valence-corrected chi connectivity index (χ3v) is 4.68. The van der Waals surface area contributed by atoms with Crippen LogP contribution in [0.3, 0.4) is 0 Å². The molecule has 0 spiro atoms. The zero-order chi connectivity index (χ0) is 20.8. The monoisotopic (exact) mass is 411 g/mol. The van der Waals surface area contributed by atoms with Crippen molar-refractivity contribution in [2.75, 3.05) is 39.0 Å². The van der Waals surface area contributed by atoms with E-state index in [9.17, 15) is 4.79 Å². The van der Waals surface area contributed by atoms with Crippen LogP contribution in [-0.2, 0) is 4.79 Å². The summed E-state index contributed by atoms with van der Waals surface area (Å²) in [5, 5.41) is 6.74. The number of rotatable bonds is 8. The fourth-order valence-corrected chi connectivity index (χ4v) is 2.93. The summed E-state index contributed by atoms with van der Waals surface area (Å²) in [6.45, 7) is 3.87. The molecule has 1 heterocycles. The van der Waals surface area contributed by atoms with Gasteiger partial charge in [-0.2, -0.15) is 0 Å². The number of carbonyl (C=O) groups excluding carboxylic acids is 1. The highest BCUT2D eigenvalue weighted by Gasteiger charge is 2.14. The molecule has 0 radical (unpaired) electrons. The Morgan fingerprint density at radius 2 is 1.79 bits per heavy atom. The molecule has 7 heteroatoms. The van der Waals surface area contributed by atoms with E-state index >= 15 is 0 Å². The molecule has 0 saturated heterocycles. The zero-order valence-electron chi connectivity index (χ0n) is 16.9. The van der Waals surface area contributed by atoms with Crippen LogP contribution >= 0.6 is 11.6 Å². The van der Waals surface area contributed by atoms with Crippen LogP contribution in [0.1, 0.15) is 5.56 Å². The van der Waals surface area contributed by atoms with E-state index in [1.807, 2.05) is 80.3 Å². The Morgan fingerprint density at radius 1 is 1.10 bits per heavy atom. The molecule has 0 fully saturated rings. The predicted molar refractivity (Wildman–Crippen MR) is 119 cm³/mol. The summed E-state index contributed by atoms with van der Waals surface area (Å²) in [4.78, 5) is 19.1. The summed E-state index contributed by atoms with van der Waals surface area (Å²) in [7, 11) is 4.00. The molecule has 0 unspecified atom stereocenters. The van der Waals surface area contributed by atoms with Crippen molar-refractivity contribution in [3.63, 3.8) is 0 Å². The minimum atomic E-state index is -0.134. The molecule has 152 valence electrons. The molecule has 29 heavy (non-hydrogen) atoms. The molecule has 0 atom stereocenters. The van der Waals surface area contributed by atoms with Crippen LogP contribution in [-0.4, -0.2) is 54.1 Å². The third kappa shape index (κ3) is 5.90. The number of likely N-dealkylation sites (N-methyl/N-ethyl adjacent to an activating group) is 1. The fraction of sp³-hybridized carbons (Fsp3) is 0.273. The number of aromatic nitrogens is 2. The van der Waals surface area contributed by atoms with Crippen LogP contribution in [0.25, 0.3) is 16.9 Å². The van der Waals surface area contributed by atoms with Crippen molar-refractivity contribution in [1.82, 2.24) is 19.8 Å². The SMILES string of the molecule is Cc1ccc(-n2cc(-c3ccc(Cl)cc3)nc2NC(=O)CNCCN(C)C)cc1. The van der Waals surface area contributed by atoms with Gasteiger partial charge in [-0.15, -0.1) is 0 Å². The first kappa shape index (κ1) is 21.0. The van der Waals surface area contributed by atoms with Crippen LogP contribution < -0.4 is 10.6 Å². The van der Waals surface area contributed by atoms with E-state index in [4.69, 9.17) is 11.6 Å². The molecule has 3 aromatic rings. The van der Waals surface area contributed by atoms with Gasteiger partial charge in [0.1, 0.15) is 0 Å². The van der Waals surface area contributed by atoms with Crippen molar-refractivity contribution in [3.05, 3.63) is 65.3 Å². The molecule has 2 N–H and O–H groups in total. The van der Waals surface area contributed by atoms with Crippen molar-refractivity contribution in [2.45, 2.75) is 6.92 Å². The van der Waals surface area contributed by atoms with Crippen molar-refractivity contribution < 1.29 is 4.79 Å². The summed E-state index contributed by atoms with van der Waals surface area (Å²) in [6, 6.07) is 15.6. The minimum Gasteiger partial charge on any atom is -0.308 e. The average molecular weight is 412 g/mol. The maximum Gasteiger partial charge on any atom is 0.240 e. The van der Waals surface area contributed by atoms with Crippen molar-refractivity contribution in [1.29, 1.82) is 0 Å². The fourth-order valence-electron chi connectivity index (χ4n) is 2.80. The van der Waals surface area contributed by atoms with Gasteiger partial charge in [0.2, 0.25) is 11.9 Å². The molecule has 2 aromatic carbocycles. The van der Waals surface area contributed by atoms with Gasteiger partial charge >= 0.3 is 0 Å². The number of imidazole rings is 1. The molecule has 1 aromatic heterocycles. The Kier molecular flexibility index (Phi) is 7.04. The van der Waals surface area contributed by atoms with Crippen LogP contribution in [0.15, 0.2) is 54.7 Å². The Hall–Kier alpha value is -2.67. The first-order valence-corrected chi connectivity index (χ1v) is 9.88. The molecular formula is C22H26ClN5O. The number of hydrogen-bond donors (Lipinski definition) is 2. The maximum atomic E-state index is 12.4. The largest absolute Gasteiger partial charge is 0.308 e. The van der Waals surface area contributed by atoms with Gasteiger partial charge in [-0.1, -0.05) is 41.4 Å². The average Bonchev–Trinajstić information content (AvgIpc) is 3.10. The number of benzene rings is 2. The summed E-state index contributed by atoms with van der Waals surface area (Å²) >= 11 is 6.00. The second-order valence-corrected chi connectivity index (χ2v) is 7.63. The Balaban J connectivity index is 1.82. The molecule has 6 nitrogen and oxygen atoms in total. The number of halogens is 1. The van der Waals surface area contributed by atoms with Gasteiger partial charge in [-0.05, 0) is 45.3 Å². The lowest BCUT2D eigenvalue weighted by atomic mass is 10.2. The number of amides is 1. The van der Waals surface area contributed by atoms with E-state index in [-0.39, 0.29) is 12.5 Å². The van der Waals surface area contributed by atoms with Crippen LogP contribution in [0.4, 0.5) is 5.95 Å². The molecule has 3 rings (SSSR count). The van der Waals surface area contributed by atoms with Gasteiger partial charge in [-0.25, -0.2) is 4.98 Å². The van der Waals surface area contributed by atoms with Gasteiger partial charge in [0.25, 0.3) is 0 Å². The molecule has 0 aliphatic heterocycles. The van der Waals surface area contributed by atoms with Gasteiger partial charge < -0.3 is 10.2 Å². The number of carbonyl (C=O) groups is 1. The van der Waals surface area contributed by atoms with Crippen molar-refractivity contribution in [2.24, 2.45) is 0 Å². The number of nitrogens with zero attached hydrogens (tertiary/aromatic N) is 3. The van der Waals surface area contributed by atoms with Crippen molar-refractivity contribution in [3.8, 4) is 16.9 Å². The van der Waals surface area contributed by atoms with E-state index in [1.165, 1.54) is 5.56 Å². The van der Waals surface area contributed by atoms with Crippen molar-refractivity contribution >= 4 is 23.5 Å². The Morgan fingerprint density at radius 3 is 2.45 bits per heavy atom. The summed E-state index contributed by atoms with van der Waals surface area (Å²) in [5.41, 5.74) is 3.79. The molecule has 0 aliphatic carbocycles. The Labute approximate surface area is 176 Å². The molecule has 0 bridgehead atoms. The topological polar surface area (TPSA) is 62.2 Å². The molecule has 0 aliphatic rings. The second-order valence-electron chi connectivity index (χ2n) is 7.19. The zero-order valence-corrected chi connectivity index (χ0v) is 17.7. The predicted octanol–water partition coefficient (Wildman–Crippen LogP) is 3.59. The first-order valence-electron chi connectivity index (χ1n) is 9.50. The summed E-state index contributed by atoms with van der Waals surface area (Å²) in [6.07, 6.45) is 1.92. The molecule has 1 amide bonds. The van der Waals surface area contributed by atoms with E-state index in [0.29, 0.717) is 11.0 Å². The van der Waals surface area contributed by atoms with Gasteiger partial charge in [0.05, 0.1) is 12.2 Å². The number of anilines is 1. The van der Waals surface area contributed by atoms with Crippen LogP contribution in [0.5, 0.6) is 0 Å². The van der Waals surface area contributed by atoms with Gasteiger partial charge in [0, 0.05) is 35.6 Å². The smallest absolute Gasteiger partial charge is 0.240 e. The minimum absolute atomic E-state index is 0.134. The van der Waals surface area contributed by atoms with Gasteiger partial charge in [-0.3, -0.25) is 14.7 Å². The quantitative estimate of drug-likeness (QED) is 0.556. The van der Waals surface area contributed by atoms with E-state index in [0.717, 1.165) is 30.0 Å². The Bertz CT molecular complexity index is 948. The normalized spacial score (nSPS) is 11.1. The highest BCUT2D eigenvalue weighted by atomic mass is 35.5. The van der Waals surface area contributed by atoms with Gasteiger partial charge in [0.15, 0.2) is 0 Å². The molecular weight excluding hydrogens is 386 g/mol. The van der Waals surface area contributed by atoms with E-state index in [2.05, 4.69) is 20.5 Å². The number of hydrogen-bond acceptors (Lipinski definition) is 4. The third-order valence-electron chi connectivity index (χ3n) is 4.43. The molecule has 0 saturated carbocycles. The van der Waals surface area contributed by atoms with Crippen LogP contribution in [0, 0.1) is 6.92 Å². The standard InChI is InChI=1S/C22H26ClN5O/c1-16-4-10-19(11-5-16)28-15-20(17-6-8-18(23)9-7-17)25-22(28)26-21(29)14-24-12-13-27(2)3/h4-11,15,24H,12-14H2,1-3H3,(H,25,26,29).